The first-order valence-electron chi connectivity index (χ1n) is 6.06. The van der Waals surface area contributed by atoms with Crippen LogP contribution in [0.25, 0.3) is 0 Å². The number of carbonyl (C=O) groups is 1. The summed E-state index contributed by atoms with van der Waals surface area (Å²) in [7, 11) is 0. The minimum atomic E-state index is -0.0642. The van der Waals surface area contributed by atoms with E-state index < -0.39 is 0 Å². The number of alkyl halides is 1. The Morgan fingerprint density at radius 1 is 1.39 bits per heavy atom. The van der Waals surface area contributed by atoms with Gasteiger partial charge in [0.2, 0.25) is 0 Å². The maximum Gasteiger partial charge on any atom is 0.251 e. The topological polar surface area (TPSA) is 29.1 Å². The zero-order valence-electron chi connectivity index (χ0n) is 11.0. The Morgan fingerprint density at radius 3 is 2.56 bits per heavy atom. The maximum atomic E-state index is 12.1. The van der Waals surface area contributed by atoms with E-state index in [2.05, 4.69) is 35.1 Å². The van der Waals surface area contributed by atoms with E-state index in [1.54, 1.807) is 0 Å². The summed E-state index contributed by atoms with van der Waals surface area (Å²) < 4.78 is 0.916. The number of carbonyl (C=O) groups excluding carboxylic acids is 1. The van der Waals surface area contributed by atoms with Gasteiger partial charge in [-0.25, -0.2) is 0 Å². The van der Waals surface area contributed by atoms with E-state index in [1.165, 1.54) is 0 Å². The van der Waals surface area contributed by atoms with Crippen molar-refractivity contribution in [2.45, 2.75) is 33.2 Å². The summed E-state index contributed by atoms with van der Waals surface area (Å²) in [4.78, 5) is 12.1. The average Bonchev–Trinajstić information content (AvgIpc) is 2.26. The summed E-state index contributed by atoms with van der Waals surface area (Å²) in [6, 6.07) is 5.70. The smallest absolute Gasteiger partial charge is 0.251 e. The lowest BCUT2D eigenvalue weighted by Gasteiger charge is -2.18. The average molecular weight is 333 g/mol. The molecule has 0 saturated carbocycles. The number of benzene rings is 1. The SMILES string of the molecule is Cc1cc(Br)cc(C(=O)NC(CCl)CC(C)C)c1. The van der Waals surface area contributed by atoms with Crippen molar-refractivity contribution in [2.24, 2.45) is 5.92 Å². The number of amides is 1. The summed E-state index contributed by atoms with van der Waals surface area (Å²) in [6.07, 6.45) is 0.891. The highest BCUT2D eigenvalue weighted by atomic mass is 79.9. The Morgan fingerprint density at radius 2 is 2.06 bits per heavy atom. The number of nitrogens with one attached hydrogen (secondary N) is 1. The normalized spacial score (nSPS) is 12.6. The molecule has 0 radical (unpaired) electrons. The van der Waals surface area contributed by atoms with Gasteiger partial charge in [0.05, 0.1) is 0 Å². The largest absolute Gasteiger partial charge is 0.348 e. The molecule has 1 unspecified atom stereocenters. The van der Waals surface area contributed by atoms with E-state index in [0.29, 0.717) is 17.4 Å². The zero-order valence-corrected chi connectivity index (χ0v) is 13.3. The van der Waals surface area contributed by atoms with Crippen LogP contribution in [0.4, 0.5) is 0 Å². The fourth-order valence-corrected chi connectivity index (χ4v) is 2.68. The van der Waals surface area contributed by atoms with Gasteiger partial charge in [0, 0.05) is 22.0 Å². The molecule has 0 aliphatic rings. The van der Waals surface area contributed by atoms with Crippen molar-refractivity contribution in [3.63, 3.8) is 0 Å². The molecular formula is C14H19BrClNO. The van der Waals surface area contributed by atoms with Crippen LogP contribution in [0, 0.1) is 12.8 Å². The third-order valence-corrected chi connectivity index (χ3v) is 3.41. The van der Waals surface area contributed by atoms with Crippen molar-refractivity contribution < 1.29 is 4.79 Å². The van der Waals surface area contributed by atoms with Gasteiger partial charge in [-0.1, -0.05) is 29.8 Å². The summed E-state index contributed by atoms with van der Waals surface area (Å²) >= 11 is 9.28. The highest BCUT2D eigenvalue weighted by Gasteiger charge is 2.14. The fraction of sp³-hybridized carbons (Fsp3) is 0.500. The second-order valence-electron chi connectivity index (χ2n) is 4.97. The van der Waals surface area contributed by atoms with Crippen LogP contribution in [0.5, 0.6) is 0 Å². The molecule has 1 aromatic rings. The monoisotopic (exact) mass is 331 g/mol. The van der Waals surface area contributed by atoms with E-state index >= 15 is 0 Å². The molecule has 100 valence electrons. The van der Waals surface area contributed by atoms with Crippen LogP contribution < -0.4 is 5.32 Å². The summed E-state index contributed by atoms with van der Waals surface area (Å²) in [5.41, 5.74) is 1.72. The second kappa shape index (κ2) is 7.15. The van der Waals surface area contributed by atoms with Crippen molar-refractivity contribution in [1.82, 2.24) is 5.32 Å². The standard InChI is InChI=1S/C14H19BrClNO/c1-9(2)4-13(8-16)17-14(18)11-5-10(3)6-12(15)7-11/h5-7,9,13H,4,8H2,1-3H3,(H,17,18). The van der Waals surface area contributed by atoms with E-state index in [0.717, 1.165) is 16.5 Å². The molecule has 0 aromatic heterocycles. The number of halogens is 2. The third kappa shape index (κ3) is 4.99. The molecule has 0 fully saturated rings. The fourth-order valence-electron chi connectivity index (χ4n) is 1.87. The van der Waals surface area contributed by atoms with Gasteiger partial charge in [-0.15, -0.1) is 11.6 Å². The van der Waals surface area contributed by atoms with Crippen molar-refractivity contribution in [2.75, 3.05) is 5.88 Å². The molecule has 1 N–H and O–H groups in total. The number of aryl methyl sites for hydroxylation is 1. The molecule has 1 atom stereocenters. The molecule has 2 nitrogen and oxygen atoms in total. The summed E-state index contributed by atoms with van der Waals surface area (Å²) in [6.45, 7) is 6.21. The van der Waals surface area contributed by atoms with Crippen LogP contribution in [0.15, 0.2) is 22.7 Å². The molecular weight excluding hydrogens is 314 g/mol. The first kappa shape index (κ1) is 15.5. The zero-order chi connectivity index (χ0) is 13.7. The van der Waals surface area contributed by atoms with Crippen LogP contribution in [-0.4, -0.2) is 17.8 Å². The van der Waals surface area contributed by atoms with Gasteiger partial charge >= 0.3 is 0 Å². The predicted molar refractivity (Wildman–Crippen MR) is 80.3 cm³/mol. The highest BCUT2D eigenvalue weighted by molar-refractivity contribution is 9.10. The molecule has 0 heterocycles. The van der Waals surface area contributed by atoms with Crippen molar-refractivity contribution in [1.29, 1.82) is 0 Å². The Balaban J connectivity index is 2.74. The van der Waals surface area contributed by atoms with Crippen LogP contribution >= 0.6 is 27.5 Å². The number of hydrogen-bond donors (Lipinski definition) is 1. The molecule has 0 spiro atoms. The van der Waals surface area contributed by atoms with Crippen LogP contribution in [0.3, 0.4) is 0 Å². The van der Waals surface area contributed by atoms with E-state index in [9.17, 15) is 4.79 Å². The van der Waals surface area contributed by atoms with Crippen LogP contribution in [0.1, 0.15) is 36.2 Å². The minimum absolute atomic E-state index is 0.0263. The molecule has 0 bridgehead atoms. The van der Waals surface area contributed by atoms with E-state index in [-0.39, 0.29) is 11.9 Å². The second-order valence-corrected chi connectivity index (χ2v) is 6.20. The number of rotatable bonds is 5. The summed E-state index contributed by atoms with van der Waals surface area (Å²) in [5.74, 6) is 0.890. The van der Waals surface area contributed by atoms with E-state index in [4.69, 9.17) is 11.6 Å². The molecule has 18 heavy (non-hydrogen) atoms. The summed E-state index contributed by atoms with van der Waals surface area (Å²) in [5, 5.41) is 2.98. The third-order valence-electron chi connectivity index (χ3n) is 2.58. The lowest BCUT2D eigenvalue weighted by atomic mass is 10.0. The van der Waals surface area contributed by atoms with Crippen molar-refractivity contribution in [3.05, 3.63) is 33.8 Å². The molecule has 0 aliphatic heterocycles. The predicted octanol–water partition coefficient (Wildman–Crippen LogP) is 4.14. The highest BCUT2D eigenvalue weighted by Crippen LogP contribution is 2.16. The molecule has 4 heteroatoms. The van der Waals surface area contributed by atoms with Crippen LogP contribution in [-0.2, 0) is 0 Å². The Hall–Kier alpha value is -0.540. The molecule has 1 rings (SSSR count). The quantitative estimate of drug-likeness (QED) is 0.807. The Labute approximate surface area is 122 Å². The molecule has 0 aliphatic carbocycles. The Kier molecular flexibility index (Phi) is 6.16. The van der Waals surface area contributed by atoms with E-state index in [1.807, 2.05) is 25.1 Å². The van der Waals surface area contributed by atoms with Crippen molar-refractivity contribution in [3.8, 4) is 0 Å². The van der Waals surface area contributed by atoms with Gasteiger partial charge in [0.1, 0.15) is 0 Å². The lowest BCUT2D eigenvalue weighted by molar-refractivity contribution is 0.0936. The number of hydrogen-bond acceptors (Lipinski definition) is 1. The van der Waals surface area contributed by atoms with Gasteiger partial charge in [-0.3, -0.25) is 4.79 Å². The van der Waals surface area contributed by atoms with Gasteiger partial charge < -0.3 is 5.32 Å². The van der Waals surface area contributed by atoms with Gasteiger partial charge in [-0.2, -0.15) is 0 Å². The Bertz CT molecular complexity index is 400. The van der Waals surface area contributed by atoms with Gasteiger partial charge in [-0.05, 0) is 43.0 Å². The first-order chi connectivity index (χ1) is 8.42. The van der Waals surface area contributed by atoms with Gasteiger partial charge in [0.15, 0.2) is 0 Å². The minimum Gasteiger partial charge on any atom is -0.348 e. The van der Waals surface area contributed by atoms with Crippen LogP contribution in [0.2, 0.25) is 0 Å². The first-order valence-corrected chi connectivity index (χ1v) is 7.39. The maximum absolute atomic E-state index is 12.1. The molecule has 0 saturated heterocycles. The lowest BCUT2D eigenvalue weighted by Crippen LogP contribution is -2.37. The van der Waals surface area contributed by atoms with Crippen molar-refractivity contribution >= 4 is 33.4 Å². The van der Waals surface area contributed by atoms with Gasteiger partial charge in [0.25, 0.3) is 5.91 Å². The molecule has 1 amide bonds. The molecule has 1 aromatic carbocycles.